The van der Waals surface area contributed by atoms with Crippen molar-refractivity contribution in [3.63, 3.8) is 0 Å². The number of aryl methyl sites for hydroxylation is 1. The average Bonchev–Trinajstić information content (AvgIpc) is 2.75. The molecule has 1 fully saturated rings. The second-order valence-electron chi connectivity index (χ2n) is 7.11. The first-order valence-electron chi connectivity index (χ1n) is 9.55. The number of carbonyl (C=O) groups excluding carboxylic acids is 1. The Hall–Kier alpha value is -3.28. The maximum Gasteiger partial charge on any atom is 0.251 e. The first-order valence-corrected chi connectivity index (χ1v) is 9.55. The molecule has 6 heteroatoms. The van der Waals surface area contributed by atoms with E-state index in [1.54, 1.807) is 12.4 Å². The van der Waals surface area contributed by atoms with E-state index >= 15 is 0 Å². The van der Waals surface area contributed by atoms with E-state index in [2.05, 4.69) is 25.2 Å². The fraction of sp³-hybridized carbons (Fsp3) is 0.273. The minimum Gasteiger partial charge on any atom is -0.348 e. The van der Waals surface area contributed by atoms with Crippen LogP contribution in [0, 0.1) is 6.92 Å². The second-order valence-corrected chi connectivity index (χ2v) is 7.11. The predicted octanol–water partition coefficient (Wildman–Crippen LogP) is 3.25. The number of nitrogens with one attached hydrogen (secondary N) is 1. The van der Waals surface area contributed by atoms with Gasteiger partial charge in [-0.1, -0.05) is 18.2 Å². The van der Waals surface area contributed by atoms with Crippen LogP contribution < -0.4 is 10.2 Å². The topological polar surface area (TPSA) is 71.0 Å². The van der Waals surface area contributed by atoms with Crippen molar-refractivity contribution in [1.82, 2.24) is 20.3 Å². The lowest BCUT2D eigenvalue weighted by molar-refractivity contribution is 0.0933. The molecule has 2 aromatic heterocycles. The number of pyridine rings is 1. The van der Waals surface area contributed by atoms with E-state index in [1.165, 1.54) is 0 Å². The van der Waals surface area contributed by atoms with Crippen LogP contribution in [-0.2, 0) is 0 Å². The highest BCUT2D eigenvalue weighted by Gasteiger charge is 2.23. The summed E-state index contributed by atoms with van der Waals surface area (Å²) in [6.07, 6.45) is 7.28. The third kappa shape index (κ3) is 4.17. The molecule has 1 aromatic carbocycles. The van der Waals surface area contributed by atoms with Gasteiger partial charge in [-0.3, -0.25) is 9.78 Å². The van der Waals surface area contributed by atoms with Gasteiger partial charge in [0.05, 0.1) is 5.69 Å². The van der Waals surface area contributed by atoms with Crippen LogP contribution in [-0.4, -0.2) is 40.0 Å². The van der Waals surface area contributed by atoms with Gasteiger partial charge in [-0.2, -0.15) is 0 Å². The van der Waals surface area contributed by atoms with Crippen molar-refractivity contribution in [1.29, 1.82) is 0 Å². The van der Waals surface area contributed by atoms with Gasteiger partial charge >= 0.3 is 0 Å². The van der Waals surface area contributed by atoms with Crippen LogP contribution >= 0.6 is 0 Å². The monoisotopic (exact) mass is 373 g/mol. The average molecular weight is 373 g/mol. The van der Waals surface area contributed by atoms with E-state index in [4.69, 9.17) is 0 Å². The molecule has 1 saturated heterocycles. The summed E-state index contributed by atoms with van der Waals surface area (Å²) in [7, 11) is 0. The van der Waals surface area contributed by atoms with Crippen LogP contribution in [0.1, 0.15) is 28.8 Å². The van der Waals surface area contributed by atoms with E-state index in [9.17, 15) is 4.79 Å². The zero-order chi connectivity index (χ0) is 19.3. The molecule has 6 nitrogen and oxygen atoms in total. The molecular formula is C22H23N5O. The van der Waals surface area contributed by atoms with Gasteiger partial charge < -0.3 is 10.2 Å². The van der Waals surface area contributed by atoms with Crippen molar-refractivity contribution in [3.8, 4) is 11.3 Å². The van der Waals surface area contributed by atoms with Gasteiger partial charge in [0.1, 0.15) is 0 Å². The highest BCUT2D eigenvalue weighted by molar-refractivity contribution is 5.95. The molecule has 1 N–H and O–H groups in total. The van der Waals surface area contributed by atoms with Crippen LogP contribution in [0.25, 0.3) is 11.3 Å². The molecule has 4 rings (SSSR count). The smallest absolute Gasteiger partial charge is 0.251 e. The molecule has 142 valence electrons. The number of hydrogen-bond acceptors (Lipinski definition) is 5. The number of carbonyl (C=O) groups is 1. The maximum absolute atomic E-state index is 12.8. The number of benzene rings is 1. The van der Waals surface area contributed by atoms with Crippen molar-refractivity contribution >= 4 is 11.9 Å². The van der Waals surface area contributed by atoms with Gasteiger partial charge in [0.25, 0.3) is 5.91 Å². The fourth-order valence-corrected chi connectivity index (χ4v) is 3.46. The normalized spacial score (nSPS) is 16.6. The number of aromatic nitrogens is 3. The van der Waals surface area contributed by atoms with E-state index in [-0.39, 0.29) is 11.9 Å². The molecule has 0 saturated carbocycles. The van der Waals surface area contributed by atoms with Crippen LogP contribution in [0.5, 0.6) is 0 Å². The predicted molar refractivity (Wildman–Crippen MR) is 109 cm³/mol. The highest BCUT2D eigenvalue weighted by atomic mass is 16.1. The third-order valence-corrected chi connectivity index (χ3v) is 4.92. The Morgan fingerprint density at radius 1 is 1.11 bits per heavy atom. The SMILES string of the molecule is Cc1ccc(-c2cccc(C(=O)N[C@@H]3CCCN(c4ncccn4)C3)c2)nc1. The van der Waals surface area contributed by atoms with Gasteiger partial charge in [-0.05, 0) is 49.6 Å². The van der Waals surface area contributed by atoms with E-state index in [1.807, 2.05) is 55.6 Å². The molecule has 1 aliphatic heterocycles. The molecule has 3 aromatic rings. The zero-order valence-electron chi connectivity index (χ0n) is 15.9. The van der Waals surface area contributed by atoms with Crippen LogP contribution in [0.4, 0.5) is 5.95 Å². The molecule has 0 unspecified atom stereocenters. The van der Waals surface area contributed by atoms with Crippen LogP contribution in [0.3, 0.4) is 0 Å². The maximum atomic E-state index is 12.8. The minimum absolute atomic E-state index is 0.0604. The Balaban J connectivity index is 1.45. The number of rotatable bonds is 4. The van der Waals surface area contributed by atoms with Gasteiger partial charge in [0.15, 0.2) is 0 Å². The number of amides is 1. The largest absolute Gasteiger partial charge is 0.348 e. The van der Waals surface area contributed by atoms with E-state index < -0.39 is 0 Å². The molecular weight excluding hydrogens is 350 g/mol. The number of hydrogen-bond donors (Lipinski definition) is 1. The molecule has 0 aliphatic carbocycles. The van der Waals surface area contributed by atoms with E-state index in [0.717, 1.165) is 42.8 Å². The second kappa shape index (κ2) is 8.17. The molecule has 3 heterocycles. The molecule has 28 heavy (non-hydrogen) atoms. The first kappa shape index (κ1) is 18.1. The van der Waals surface area contributed by atoms with Gasteiger partial charge in [0, 0.05) is 48.8 Å². The third-order valence-electron chi connectivity index (χ3n) is 4.92. The number of nitrogens with zero attached hydrogens (tertiary/aromatic N) is 4. The van der Waals surface area contributed by atoms with Crippen molar-refractivity contribution in [2.24, 2.45) is 0 Å². The Morgan fingerprint density at radius 2 is 1.96 bits per heavy atom. The summed E-state index contributed by atoms with van der Waals surface area (Å²) in [5.74, 6) is 0.656. The van der Waals surface area contributed by atoms with Crippen LogP contribution in [0.15, 0.2) is 61.1 Å². The van der Waals surface area contributed by atoms with Gasteiger partial charge in [-0.25, -0.2) is 9.97 Å². The Labute approximate surface area is 164 Å². The Bertz CT molecular complexity index is 943. The summed E-state index contributed by atoms with van der Waals surface area (Å²) >= 11 is 0. The molecule has 0 radical (unpaired) electrons. The fourth-order valence-electron chi connectivity index (χ4n) is 3.46. The summed E-state index contributed by atoms with van der Waals surface area (Å²) in [5.41, 5.74) is 3.57. The highest BCUT2D eigenvalue weighted by Crippen LogP contribution is 2.20. The summed E-state index contributed by atoms with van der Waals surface area (Å²) in [4.78, 5) is 28.0. The molecule has 1 aliphatic rings. The minimum atomic E-state index is -0.0604. The van der Waals surface area contributed by atoms with Gasteiger partial charge in [0.2, 0.25) is 5.95 Å². The Kier molecular flexibility index (Phi) is 5.28. The lowest BCUT2D eigenvalue weighted by Gasteiger charge is -2.33. The first-order chi connectivity index (χ1) is 13.7. The van der Waals surface area contributed by atoms with Crippen molar-refractivity contribution in [2.75, 3.05) is 18.0 Å². The summed E-state index contributed by atoms with van der Waals surface area (Å²) in [5, 5.41) is 3.17. The molecule has 0 bridgehead atoms. The van der Waals surface area contributed by atoms with E-state index in [0.29, 0.717) is 11.5 Å². The summed E-state index contributed by atoms with van der Waals surface area (Å²) in [6, 6.07) is 13.5. The van der Waals surface area contributed by atoms with Crippen molar-refractivity contribution in [3.05, 3.63) is 72.2 Å². The number of piperidine rings is 1. The molecule has 1 amide bonds. The van der Waals surface area contributed by atoms with Crippen molar-refractivity contribution in [2.45, 2.75) is 25.8 Å². The van der Waals surface area contributed by atoms with Crippen molar-refractivity contribution < 1.29 is 4.79 Å². The van der Waals surface area contributed by atoms with Crippen LogP contribution in [0.2, 0.25) is 0 Å². The molecule has 1 atom stereocenters. The van der Waals surface area contributed by atoms with Gasteiger partial charge in [-0.15, -0.1) is 0 Å². The standard InChI is InChI=1S/C22H23N5O/c1-16-8-9-20(25-14-16)17-5-2-6-18(13-17)21(28)26-19-7-3-12-27(15-19)22-23-10-4-11-24-22/h2,4-6,8-11,13-14,19H,3,7,12,15H2,1H3,(H,26,28)/t19-/m1/s1. The Morgan fingerprint density at radius 3 is 2.75 bits per heavy atom. The summed E-state index contributed by atoms with van der Waals surface area (Å²) in [6.45, 7) is 3.63. The summed E-state index contributed by atoms with van der Waals surface area (Å²) < 4.78 is 0. The number of anilines is 1. The lowest BCUT2D eigenvalue weighted by Crippen LogP contribution is -2.48. The zero-order valence-corrected chi connectivity index (χ0v) is 15.9. The quantitative estimate of drug-likeness (QED) is 0.760. The molecule has 0 spiro atoms. The lowest BCUT2D eigenvalue weighted by atomic mass is 10.0.